The summed E-state index contributed by atoms with van der Waals surface area (Å²) in [4.78, 5) is 22.0. The van der Waals surface area contributed by atoms with Gasteiger partial charge in [0.15, 0.2) is 0 Å². The largest absolute Gasteiger partial charge is 0.344 e. The number of nitrogens with one attached hydrogen (secondary N) is 2. The highest BCUT2D eigenvalue weighted by atomic mass is 16.2. The third kappa shape index (κ3) is 4.30. The second-order valence-electron chi connectivity index (χ2n) is 7.39. The number of hydrogen-bond acceptors (Lipinski definition) is 4. The van der Waals surface area contributed by atoms with Crippen molar-refractivity contribution >= 4 is 5.91 Å². The van der Waals surface area contributed by atoms with E-state index in [1.807, 2.05) is 36.5 Å². The highest BCUT2D eigenvalue weighted by Gasteiger charge is 2.29. The Bertz CT molecular complexity index is 790. The van der Waals surface area contributed by atoms with Crippen LogP contribution in [-0.2, 0) is 11.2 Å². The van der Waals surface area contributed by atoms with Gasteiger partial charge < -0.3 is 15.2 Å². The Morgan fingerprint density at radius 1 is 1.42 bits per heavy atom. The minimum Gasteiger partial charge on any atom is -0.344 e. The van der Waals surface area contributed by atoms with E-state index in [-0.39, 0.29) is 24.0 Å². The Hall–Kier alpha value is -2.65. The molecule has 1 saturated heterocycles. The van der Waals surface area contributed by atoms with Gasteiger partial charge >= 0.3 is 0 Å². The highest BCUT2D eigenvalue weighted by Crippen LogP contribution is 2.19. The fourth-order valence-electron chi connectivity index (χ4n) is 3.33. The summed E-state index contributed by atoms with van der Waals surface area (Å²) in [6.07, 6.45) is 4.30. The highest BCUT2D eigenvalue weighted by molar-refractivity contribution is 5.79. The Kier molecular flexibility index (Phi) is 5.38. The monoisotopic (exact) mass is 351 g/mol. The minimum absolute atomic E-state index is 0.00544. The Balaban J connectivity index is 1.57. The average molecular weight is 351 g/mol. The molecule has 1 amide bonds. The molecule has 1 aliphatic heterocycles. The van der Waals surface area contributed by atoms with E-state index in [0.717, 1.165) is 29.9 Å². The number of amides is 1. The lowest BCUT2D eigenvalue weighted by Gasteiger charge is -2.27. The quantitative estimate of drug-likeness (QED) is 0.837. The maximum atomic E-state index is 12.4. The molecule has 136 valence electrons. The zero-order valence-corrected chi connectivity index (χ0v) is 15.3. The Morgan fingerprint density at radius 3 is 2.92 bits per heavy atom. The van der Waals surface area contributed by atoms with Crippen molar-refractivity contribution in [3.63, 3.8) is 0 Å². The number of likely N-dealkylation sites (tertiary alicyclic amines) is 1. The van der Waals surface area contributed by atoms with Crippen molar-refractivity contribution in [3.05, 3.63) is 42.2 Å². The first-order valence-electron chi connectivity index (χ1n) is 9.02. The lowest BCUT2D eigenvalue weighted by molar-refractivity contribution is -0.130. The molecule has 0 aliphatic carbocycles. The van der Waals surface area contributed by atoms with Crippen molar-refractivity contribution in [2.75, 3.05) is 13.1 Å². The average Bonchev–Trinajstić information content (AvgIpc) is 3.29. The molecule has 1 aromatic carbocycles. The van der Waals surface area contributed by atoms with Gasteiger partial charge in [-0.25, -0.2) is 4.98 Å². The van der Waals surface area contributed by atoms with Crippen LogP contribution < -0.4 is 5.32 Å². The SMILES string of the molecule is CC(C)(Cc1c[nH]c(-c2ccccc2)n1)NCC(=O)N1CCCC1C#N. The minimum atomic E-state index is -0.277. The van der Waals surface area contributed by atoms with E-state index in [1.54, 1.807) is 4.90 Å². The summed E-state index contributed by atoms with van der Waals surface area (Å²) >= 11 is 0. The van der Waals surface area contributed by atoms with E-state index >= 15 is 0 Å². The van der Waals surface area contributed by atoms with Gasteiger partial charge in [-0.2, -0.15) is 5.26 Å². The molecule has 1 fully saturated rings. The van der Waals surface area contributed by atoms with Crippen molar-refractivity contribution < 1.29 is 4.79 Å². The van der Waals surface area contributed by atoms with Crippen LogP contribution in [0.4, 0.5) is 0 Å². The van der Waals surface area contributed by atoms with Gasteiger partial charge in [-0.1, -0.05) is 30.3 Å². The van der Waals surface area contributed by atoms with Crippen LogP contribution >= 0.6 is 0 Å². The van der Waals surface area contributed by atoms with Crippen molar-refractivity contribution in [1.29, 1.82) is 5.26 Å². The molecule has 2 heterocycles. The fraction of sp³-hybridized carbons (Fsp3) is 0.450. The maximum Gasteiger partial charge on any atom is 0.237 e. The lowest BCUT2D eigenvalue weighted by Crippen LogP contribution is -2.48. The summed E-state index contributed by atoms with van der Waals surface area (Å²) in [5, 5.41) is 12.5. The zero-order valence-electron chi connectivity index (χ0n) is 15.3. The first-order chi connectivity index (χ1) is 12.5. The topological polar surface area (TPSA) is 84.8 Å². The number of nitrogens with zero attached hydrogens (tertiary/aromatic N) is 3. The van der Waals surface area contributed by atoms with Crippen LogP contribution in [0.2, 0.25) is 0 Å². The summed E-state index contributed by atoms with van der Waals surface area (Å²) in [5.74, 6) is 0.843. The smallest absolute Gasteiger partial charge is 0.237 e. The summed E-state index contributed by atoms with van der Waals surface area (Å²) in [7, 11) is 0. The number of carbonyl (C=O) groups is 1. The van der Waals surface area contributed by atoms with Crippen molar-refractivity contribution in [3.8, 4) is 17.5 Å². The normalized spacial score (nSPS) is 17.3. The van der Waals surface area contributed by atoms with Crippen LogP contribution in [0.1, 0.15) is 32.4 Å². The van der Waals surface area contributed by atoms with Gasteiger partial charge in [0.25, 0.3) is 0 Å². The molecule has 0 radical (unpaired) electrons. The van der Waals surface area contributed by atoms with E-state index in [2.05, 4.69) is 35.2 Å². The number of aromatic amines is 1. The molecular formula is C20H25N5O. The molecule has 1 aliphatic rings. The standard InChI is InChI=1S/C20H25N5O/c1-20(2,23-14-18(26)25-10-6-9-17(25)12-21)11-16-13-22-19(24-16)15-7-4-3-5-8-15/h3-5,7-8,13,17,23H,6,9-11,14H2,1-2H3,(H,22,24). The molecule has 3 rings (SSSR count). The molecule has 2 aromatic rings. The number of aromatic nitrogens is 2. The van der Waals surface area contributed by atoms with Gasteiger partial charge in [0, 0.05) is 30.3 Å². The molecule has 0 spiro atoms. The molecule has 2 N–H and O–H groups in total. The number of benzene rings is 1. The fourth-order valence-corrected chi connectivity index (χ4v) is 3.33. The van der Waals surface area contributed by atoms with Crippen LogP contribution in [0.5, 0.6) is 0 Å². The number of imidazole rings is 1. The van der Waals surface area contributed by atoms with Crippen LogP contribution in [0.3, 0.4) is 0 Å². The first-order valence-corrected chi connectivity index (χ1v) is 9.02. The molecule has 6 heteroatoms. The first kappa shape index (κ1) is 18.2. The summed E-state index contributed by atoms with van der Waals surface area (Å²) < 4.78 is 0. The predicted octanol–water partition coefficient (Wildman–Crippen LogP) is 2.50. The number of nitriles is 1. The molecule has 0 bridgehead atoms. The second kappa shape index (κ2) is 7.71. The molecule has 6 nitrogen and oxygen atoms in total. The number of H-pyrrole nitrogens is 1. The second-order valence-corrected chi connectivity index (χ2v) is 7.39. The molecule has 1 unspecified atom stereocenters. The maximum absolute atomic E-state index is 12.4. The van der Waals surface area contributed by atoms with E-state index in [9.17, 15) is 4.79 Å². The molecule has 0 saturated carbocycles. The Labute approximate surface area is 154 Å². The van der Waals surface area contributed by atoms with Crippen LogP contribution in [0.15, 0.2) is 36.5 Å². The zero-order chi connectivity index (χ0) is 18.6. The lowest BCUT2D eigenvalue weighted by atomic mass is 9.99. The van der Waals surface area contributed by atoms with Crippen molar-refractivity contribution in [2.24, 2.45) is 0 Å². The third-order valence-electron chi connectivity index (χ3n) is 4.74. The van der Waals surface area contributed by atoms with Crippen LogP contribution in [0.25, 0.3) is 11.4 Å². The summed E-state index contributed by atoms with van der Waals surface area (Å²) in [6, 6.07) is 11.9. The molecule has 26 heavy (non-hydrogen) atoms. The van der Waals surface area contributed by atoms with Gasteiger partial charge in [-0.15, -0.1) is 0 Å². The van der Waals surface area contributed by atoms with E-state index in [1.165, 1.54) is 0 Å². The van der Waals surface area contributed by atoms with E-state index in [0.29, 0.717) is 13.0 Å². The van der Waals surface area contributed by atoms with Gasteiger partial charge in [0.2, 0.25) is 5.91 Å². The number of carbonyl (C=O) groups excluding carboxylic acids is 1. The predicted molar refractivity (Wildman–Crippen MR) is 100 cm³/mol. The summed E-state index contributed by atoms with van der Waals surface area (Å²) in [5.41, 5.74) is 1.72. The molecular weight excluding hydrogens is 326 g/mol. The van der Waals surface area contributed by atoms with Crippen LogP contribution in [0, 0.1) is 11.3 Å². The number of hydrogen-bond donors (Lipinski definition) is 2. The van der Waals surface area contributed by atoms with Gasteiger partial charge in [-0.3, -0.25) is 4.79 Å². The van der Waals surface area contributed by atoms with Gasteiger partial charge in [-0.05, 0) is 26.7 Å². The van der Waals surface area contributed by atoms with Gasteiger partial charge in [0.05, 0.1) is 18.3 Å². The Morgan fingerprint density at radius 2 is 2.19 bits per heavy atom. The molecule has 1 aromatic heterocycles. The van der Waals surface area contributed by atoms with Gasteiger partial charge in [0.1, 0.15) is 11.9 Å². The van der Waals surface area contributed by atoms with E-state index < -0.39 is 0 Å². The number of rotatable bonds is 6. The van der Waals surface area contributed by atoms with Crippen molar-refractivity contribution in [2.45, 2.75) is 44.7 Å². The van der Waals surface area contributed by atoms with E-state index in [4.69, 9.17) is 5.26 Å². The van der Waals surface area contributed by atoms with Crippen molar-refractivity contribution in [1.82, 2.24) is 20.2 Å². The summed E-state index contributed by atoms with van der Waals surface area (Å²) in [6.45, 7) is 5.03. The third-order valence-corrected chi connectivity index (χ3v) is 4.74. The molecule has 1 atom stereocenters. The van der Waals surface area contributed by atoms with Crippen LogP contribution in [-0.4, -0.2) is 45.4 Å².